The van der Waals surface area contributed by atoms with Gasteiger partial charge in [-0.3, -0.25) is 4.79 Å². The Morgan fingerprint density at radius 1 is 1.65 bits per heavy atom. The number of aromatic nitrogens is 1. The Morgan fingerprint density at radius 2 is 2.29 bits per heavy atom. The molecule has 0 amide bonds. The van der Waals surface area contributed by atoms with Crippen molar-refractivity contribution in [3.8, 4) is 5.75 Å². The molecule has 0 saturated carbocycles. The van der Waals surface area contributed by atoms with Gasteiger partial charge in [-0.1, -0.05) is 11.6 Å². The van der Waals surface area contributed by atoms with Crippen molar-refractivity contribution in [2.75, 3.05) is 6.61 Å². The summed E-state index contributed by atoms with van der Waals surface area (Å²) in [6.45, 7) is 1.75. The summed E-state index contributed by atoms with van der Waals surface area (Å²) in [6, 6.07) is 0.994. The SMILES string of the molecule is CCOC(=O)Cc1cc(O)c(Cl)nc1C(F)F. The van der Waals surface area contributed by atoms with Crippen LogP contribution in [0, 0.1) is 0 Å². The van der Waals surface area contributed by atoms with Crippen molar-refractivity contribution in [3.63, 3.8) is 0 Å². The van der Waals surface area contributed by atoms with Gasteiger partial charge in [0.15, 0.2) is 10.9 Å². The monoisotopic (exact) mass is 265 g/mol. The highest BCUT2D eigenvalue weighted by molar-refractivity contribution is 6.30. The van der Waals surface area contributed by atoms with E-state index in [0.29, 0.717) is 0 Å². The summed E-state index contributed by atoms with van der Waals surface area (Å²) in [4.78, 5) is 14.5. The normalized spacial score (nSPS) is 10.6. The fourth-order valence-corrected chi connectivity index (χ4v) is 1.38. The molecule has 0 aliphatic heterocycles. The maximum atomic E-state index is 12.6. The number of hydrogen-bond donors (Lipinski definition) is 1. The summed E-state index contributed by atoms with van der Waals surface area (Å²) in [5.41, 5.74) is -0.721. The third-order valence-corrected chi connectivity index (χ3v) is 2.19. The molecular formula is C10H10ClF2NO3. The fraction of sp³-hybridized carbons (Fsp3) is 0.400. The second-order valence-electron chi connectivity index (χ2n) is 3.13. The molecule has 0 aliphatic carbocycles. The molecule has 1 rings (SSSR count). The Balaban J connectivity index is 3.04. The first-order chi connectivity index (χ1) is 7.95. The van der Waals surface area contributed by atoms with E-state index >= 15 is 0 Å². The molecule has 1 N–H and O–H groups in total. The standard InChI is InChI=1S/C10H10ClF2NO3/c1-2-17-7(16)4-5-3-6(15)9(11)14-8(5)10(12)13/h3,10,15H,2,4H2,1H3. The van der Waals surface area contributed by atoms with Crippen LogP contribution in [0.25, 0.3) is 0 Å². The zero-order chi connectivity index (χ0) is 13.0. The first kappa shape index (κ1) is 13.6. The summed E-state index contributed by atoms with van der Waals surface area (Å²) >= 11 is 5.42. The minimum Gasteiger partial charge on any atom is -0.505 e. The lowest BCUT2D eigenvalue weighted by atomic mass is 10.1. The Bertz CT molecular complexity index is 426. The van der Waals surface area contributed by atoms with Gasteiger partial charge in [-0.05, 0) is 18.6 Å². The van der Waals surface area contributed by atoms with Crippen LogP contribution in [0.1, 0.15) is 24.6 Å². The number of carbonyl (C=O) groups is 1. The number of ether oxygens (including phenoxy) is 1. The summed E-state index contributed by atoms with van der Waals surface area (Å²) < 4.78 is 29.9. The van der Waals surface area contributed by atoms with Crippen molar-refractivity contribution in [2.45, 2.75) is 19.8 Å². The predicted molar refractivity (Wildman–Crippen MR) is 56.2 cm³/mol. The topological polar surface area (TPSA) is 59.4 Å². The van der Waals surface area contributed by atoms with Gasteiger partial charge in [0.1, 0.15) is 5.69 Å². The molecule has 0 atom stereocenters. The molecular weight excluding hydrogens is 256 g/mol. The van der Waals surface area contributed by atoms with Crippen LogP contribution in [0.3, 0.4) is 0 Å². The molecule has 1 heterocycles. The molecule has 0 aliphatic rings. The van der Waals surface area contributed by atoms with Gasteiger partial charge in [0.05, 0.1) is 13.0 Å². The molecule has 0 spiro atoms. The van der Waals surface area contributed by atoms with E-state index in [1.165, 1.54) is 0 Å². The second-order valence-corrected chi connectivity index (χ2v) is 3.48. The fourth-order valence-electron chi connectivity index (χ4n) is 1.23. The van der Waals surface area contributed by atoms with E-state index in [-0.39, 0.29) is 18.6 Å². The average Bonchev–Trinajstić information content (AvgIpc) is 2.23. The van der Waals surface area contributed by atoms with Crippen molar-refractivity contribution in [1.29, 1.82) is 0 Å². The van der Waals surface area contributed by atoms with Crippen LogP contribution >= 0.6 is 11.6 Å². The van der Waals surface area contributed by atoms with Crippen molar-refractivity contribution in [3.05, 3.63) is 22.5 Å². The van der Waals surface area contributed by atoms with E-state index < -0.39 is 29.0 Å². The number of pyridine rings is 1. The Morgan fingerprint density at radius 3 is 2.82 bits per heavy atom. The minimum atomic E-state index is -2.88. The molecule has 7 heteroatoms. The number of carbonyl (C=O) groups excluding carboxylic acids is 1. The van der Waals surface area contributed by atoms with Crippen LogP contribution in [0.5, 0.6) is 5.75 Å². The molecule has 4 nitrogen and oxygen atoms in total. The first-order valence-corrected chi connectivity index (χ1v) is 5.15. The molecule has 1 aromatic heterocycles. The highest BCUT2D eigenvalue weighted by Crippen LogP contribution is 2.29. The van der Waals surface area contributed by atoms with E-state index in [9.17, 15) is 18.7 Å². The van der Waals surface area contributed by atoms with Gasteiger partial charge in [0, 0.05) is 0 Å². The Hall–Kier alpha value is -1.43. The molecule has 17 heavy (non-hydrogen) atoms. The summed E-state index contributed by atoms with van der Waals surface area (Å²) in [5, 5.41) is 8.83. The second kappa shape index (κ2) is 5.77. The smallest absolute Gasteiger partial charge is 0.310 e. The van der Waals surface area contributed by atoms with Crippen LogP contribution in [0.4, 0.5) is 8.78 Å². The van der Waals surface area contributed by atoms with Gasteiger partial charge in [-0.15, -0.1) is 0 Å². The number of rotatable bonds is 4. The lowest BCUT2D eigenvalue weighted by Crippen LogP contribution is -2.10. The molecule has 1 aromatic rings. The first-order valence-electron chi connectivity index (χ1n) is 4.77. The number of hydrogen-bond acceptors (Lipinski definition) is 4. The predicted octanol–water partition coefficient (Wildman–Crippen LogP) is 2.48. The van der Waals surface area contributed by atoms with E-state index in [1.54, 1.807) is 6.92 Å². The van der Waals surface area contributed by atoms with Crippen molar-refractivity contribution in [1.82, 2.24) is 4.98 Å². The van der Waals surface area contributed by atoms with E-state index in [4.69, 9.17) is 11.6 Å². The van der Waals surface area contributed by atoms with Gasteiger partial charge in [-0.25, -0.2) is 13.8 Å². The highest BCUT2D eigenvalue weighted by atomic mass is 35.5. The third-order valence-electron chi connectivity index (χ3n) is 1.92. The van der Waals surface area contributed by atoms with Crippen LogP contribution in [-0.2, 0) is 16.0 Å². The number of alkyl halides is 2. The maximum Gasteiger partial charge on any atom is 0.310 e. The largest absolute Gasteiger partial charge is 0.505 e. The summed E-state index contributed by atoms with van der Waals surface area (Å²) in [5.74, 6) is -1.12. The number of halogens is 3. The minimum absolute atomic E-state index is 0.0969. The quantitative estimate of drug-likeness (QED) is 0.671. The molecule has 94 valence electrons. The molecule has 0 radical (unpaired) electrons. The van der Waals surface area contributed by atoms with Crippen LogP contribution in [0.15, 0.2) is 6.07 Å². The zero-order valence-corrected chi connectivity index (χ0v) is 9.67. The average molecular weight is 266 g/mol. The Kier molecular flexibility index (Phi) is 4.62. The van der Waals surface area contributed by atoms with Crippen molar-refractivity contribution >= 4 is 17.6 Å². The lowest BCUT2D eigenvalue weighted by Gasteiger charge is -2.09. The number of aromatic hydroxyl groups is 1. The van der Waals surface area contributed by atoms with E-state index in [1.807, 2.05) is 0 Å². The van der Waals surface area contributed by atoms with E-state index in [0.717, 1.165) is 6.07 Å². The molecule has 0 saturated heterocycles. The van der Waals surface area contributed by atoms with Gasteiger partial charge in [0.2, 0.25) is 0 Å². The molecule has 0 aromatic carbocycles. The van der Waals surface area contributed by atoms with Gasteiger partial charge in [-0.2, -0.15) is 0 Å². The zero-order valence-electron chi connectivity index (χ0n) is 8.91. The molecule has 0 unspecified atom stereocenters. The molecule has 0 fully saturated rings. The van der Waals surface area contributed by atoms with Gasteiger partial charge < -0.3 is 9.84 Å². The number of nitrogens with zero attached hydrogens (tertiary/aromatic N) is 1. The van der Waals surface area contributed by atoms with Crippen LogP contribution in [-0.4, -0.2) is 22.7 Å². The van der Waals surface area contributed by atoms with E-state index in [2.05, 4.69) is 9.72 Å². The van der Waals surface area contributed by atoms with Gasteiger partial charge in [0.25, 0.3) is 6.43 Å². The maximum absolute atomic E-state index is 12.6. The van der Waals surface area contributed by atoms with Crippen molar-refractivity contribution < 1.29 is 23.4 Å². The Labute approximate surface area is 101 Å². The highest BCUT2D eigenvalue weighted by Gasteiger charge is 2.20. The van der Waals surface area contributed by atoms with Crippen LogP contribution < -0.4 is 0 Å². The lowest BCUT2D eigenvalue weighted by molar-refractivity contribution is -0.142. The van der Waals surface area contributed by atoms with Crippen LogP contribution in [0.2, 0.25) is 5.15 Å². The number of esters is 1. The third kappa shape index (κ3) is 3.52. The summed E-state index contributed by atoms with van der Waals surface area (Å²) in [6.07, 6.45) is -3.26. The van der Waals surface area contributed by atoms with Crippen molar-refractivity contribution in [2.24, 2.45) is 0 Å². The molecule has 0 bridgehead atoms. The van der Waals surface area contributed by atoms with Gasteiger partial charge >= 0.3 is 5.97 Å². The summed E-state index contributed by atoms with van der Waals surface area (Å²) in [7, 11) is 0.